The van der Waals surface area contributed by atoms with Gasteiger partial charge in [0.1, 0.15) is 0 Å². The second-order valence-electron chi connectivity index (χ2n) is 6.54. The van der Waals surface area contributed by atoms with E-state index < -0.39 is 0 Å². The van der Waals surface area contributed by atoms with Gasteiger partial charge in [-0.15, -0.1) is 11.8 Å². The third-order valence-electron chi connectivity index (χ3n) is 4.88. The van der Waals surface area contributed by atoms with E-state index in [1.165, 1.54) is 17.0 Å². The summed E-state index contributed by atoms with van der Waals surface area (Å²) in [4.78, 5) is 4.05. The molecular formula is C18H30N2S. The number of benzene rings is 1. The number of hydrogen-bond acceptors (Lipinski definition) is 3. The number of rotatable bonds is 5. The van der Waals surface area contributed by atoms with E-state index in [-0.39, 0.29) is 0 Å². The Labute approximate surface area is 134 Å². The molecule has 1 fully saturated rings. The van der Waals surface area contributed by atoms with Crippen molar-refractivity contribution in [3.63, 3.8) is 0 Å². The van der Waals surface area contributed by atoms with E-state index in [1.807, 2.05) is 11.8 Å². The van der Waals surface area contributed by atoms with Crippen molar-refractivity contribution in [1.29, 1.82) is 0 Å². The molecule has 1 aliphatic rings. The Kier molecular flexibility index (Phi) is 6.00. The molecule has 3 heteroatoms. The second-order valence-corrected chi connectivity index (χ2v) is 7.38. The zero-order valence-electron chi connectivity index (χ0n) is 14.1. The van der Waals surface area contributed by atoms with E-state index in [4.69, 9.17) is 0 Å². The Hall–Kier alpha value is -0.670. The molecule has 2 nitrogen and oxygen atoms in total. The van der Waals surface area contributed by atoms with Crippen LogP contribution in [0.1, 0.15) is 34.1 Å². The maximum Gasteiger partial charge on any atom is 0.0507 e. The monoisotopic (exact) mass is 306 g/mol. The summed E-state index contributed by atoms with van der Waals surface area (Å²) in [6.45, 7) is 11.5. The molecular weight excluding hydrogens is 276 g/mol. The smallest absolute Gasteiger partial charge is 0.0507 e. The summed E-state index contributed by atoms with van der Waals surface area (Å²) in [5, 5.41) is 3.79. The van der Waals surface area contributed by atoms with Crippen LogP contribution in [0.5, 0.6) is 0 Å². The molecule has 3 unspecified atom stereocenters. The fraction of sp³-hybridized carbons (Fsp3) is 0.667. The van der Waals surface area contributed by atoms with Crippen LogP contribution in [-0.4, -0.2) is 31.4 Å². The molecule has 1 saturated heterocycles. The largest absolute Gasteiger partial charge is 0.365 e. The zero-order chi connectivity index (χ0) is 15.4. The van der Waals surface area contributed by atoms with E-state index in [0.717, 1.165) is 19.0 Å². The molecule has 0 radical (unpaired) electrons. The molecule has 0 aromatic heterocycles. The summed E-state index contributed by atoms with van der Waals surface area (Å²) in [6, 6.07) is 10.0. The van der Waals surface area contributed by atoms with Crippen molar-refractivity contribution >= 4 is 17.4 Å². The van der Waals surface area contributed by atoms with Crippen LogP contribution in [0.15, 0.2) is 29.2 Å². The number of hydrogen-bond donors (Lipinski definition) is 1. The van der Waals surface area contributed by atoms with E-state index in [0.29, 0.717) is 18.0 Å². The minimum Gasteiger partial charge on any atom is -0.365 e. The Bertz CT molecular complexity index is 447. The van der Waals surface area contributed by atoms with Crippen LogP contribution < -0.4 is 10.2 Å². The van der Waals surface area contributed by atoms with E-state index in [9.17, 15) is 0 Å². The number of piperazine rings is 1. The summed E-state index contributed by atoms with van der Waals surface area (Å²) < 4.78 is 0. The lowest BCUT2D eigenvalue weighted by Crippen LogP contribution is -2.60. The molecule has 1 N–H and O–H groups in total. The van der Waals surface area contributed by atoms with Crippen molar-refractivity contribution in [2.75, 3.05) is 24.2 Å². The molecule has 0 spiro atoms. The number of anilines is 1. The van der Waals surface area contributed by atoms with E-state index >= 15 is 0 Å². The predicted molar refractivity (Wildman–Crippen MR) is 95.4 cm³/mol. The maximum absolute atomic E-state index is 3.79. The summed E-state index contributed by atoms with van der Waals surface area (Å²) >= 11 is 1.86. The zero-order valence-corrected chi connectivity index (χ0v) is 14.9. The highest BCUT2D eigenvalue weighted by Crippen LogP contribution is 2.33. The molecule has 1 aliphatic heterocycles. The molecule has 3 atom stereocenters. The first-order valence-corrected chi connectivity index (χ1v) is 9.44. The molecule has 0 saturated carbocycles. The van der Waals surface area contributed by atoms with Crippen molar-refractivity contribution in [3.05, 3.63) is 24.3 Å². The topological polar surface area (TPSA) is 15.3 Å². The first-order valence-electron chi connectivity index (χ1n) is 8.21. The van der Waals surface area contributed by atoms with Gasteiger partial charge in [-0.05, 0) is 30.2 Å². The number of nitrogens with zero attached hydrogens (tertiary/aromatic N) is 1. The average Bonchev–Trinajstić information content (AvgIpc) is 2.53. The molecule has 1 aromatic rings. The Morgan fingerprint density at radius 2 is 2.00 bits per heavy atom. The van der Waals surface area contributed by atoms with Gasteiger partial charge in [0.05, 0.1) is 5.69 Å². The van der Waals surface area contributed by atoms with Gasteiger partial charge in [0.2, 0.25) is 0 Å². The normalized spacial score (nSPS) is 24.4. The lowest BCUT2D eigenvalue weighted by Gasteiger charge is -2.46. The SMILES string of the molecule is CCC(C)C1CN(c2ccccc2SC)C(C(C)C)CN1. The van der Waals surface area contributed by atoms with Gasteiger partial charge >= 0.3 is 0 Å². The van der Waals surface area contributed by atoms with Crippen LogP contribution in [0.25, 0.3) is 0 Å². The van der Waals surface area contributed by atoms with Crippen LogP contribution in [0.4, 0.5) is 5.69 Å². The van der Waals surface area contributed by atoms with Gasteiger partial charge in [-0.3, -0.25) is 0 Å². The lowest BCUT2D eigenvalue weighted by molar-refractivity contribution is 0.281. The molecule has 1 aromatic carbocycles. The van der Waals surface area contributed by atoms with Gasteiger partial charge in [-0.2, -0.15) is 0 Å². The molecule has 0 aliphatic carbocycles. The van der Waals surface area contributed by atoms with Crippen LogP contribution in [0, 0.1) is 11.8 Å². The van der Waals surface area contributed by atoms with Gasteiger partial charge in [-0.1, -0.05) is 46.2 Å². The molecule has 21 heavy (non-hydrogen) atoms. The van der Waals surface area contributed by atoms with Gasteiger partial charge < -0.3 is 10.2 Å². The van der Waals surface area contributed by atoms with Crippen molar-refractivity contribution < 1.29 is 0 Å². The van der Waals surface area contributed by atoms with Crippen LogP contribution >= 0.6 is 11.8 Å². The first kappa shape index (κ1) is 16.7. The van der Waals surface area contributed by atoms with Crippen LogP contribution in [-0.2, 0) is 0 Å². The predicted octanol–water partition coefficient (Wildman–Crippen LogP) is 4.26. The average molecular weight is 307 g/mol. The Balaban J connectivity index is 2.29. The minimum atomic E-state index is 0.582. The number of para-hydroxylation sites is 1. The van der Waals surface area contributed by atoms with Gasteiger partial charge in [-0.25, -0.2) is 0 Å². The lowest BCUT2D eigenvalue weighted by atomic mass is 9.91. The third-order valence-corrected chi connectivity index (χ3v) is 5.66. The van der Waals surface area contributed by atoms with Crippen molar-refractivity contribution in [2.24, 2.45) is 11.8 Å². The summed E-state index contributed by atoms with van der Waals surface area (Å²) in [6.07, 6.45) is 3.42. The highest BCUT2D eigenvalue weighted by Gasteiger charge is 2.32. The molecule has 2 rings (SSSR count). The van der Waals surface area contributed by atoms with Crippen molar-refractivity contribution in [2.45, 2.75) is 51.1 Å². The Morgan fingerprint density at radius 1 is 1.29 bits per heavy atom. The van der Waals surface area contributed by atoms with Gasteiger partial charge in [0.15, 0.2) is 0 Å². The van der Waals surface area contributed by atoms with Gasteiger partial charge in [0, 0.05) is 30.1 Å². The van der Waals surface area contributed by atoms with E-state index in [2.05, 4.69) is 68.4 Å². The first-order chi connectivity index (χ1) is 10.1. The fourth-order valence-corrected chi connectivity index (χ4v) is 3.81. The van der Waals surface area contributed by atoms with Gasteiger partial charge in [0.25, 0.3) is 0 Å². The minimum absolute atomic E-state index is 0.582. The van der Waals surface area contributed by atoms with E-state index in [1.54, 1.807) is 0 Å². The fourth-order valence-electron chi connectivity index (χ4n) is 3.20. The number of nitrogens with one attached hydrogen (secondary N) is 1. The highest BCUT2D eigenvalue weighted by atomic mass is 32.2. The summed E-state index contributed by atoms with van der Waals surface area (Å²) in [5.74, 6) is 1.38. The number of thioether (sulfide) groups is 1. The van der Waals surface area contributed by atoms with Crippen LogP contribution in [0.2, 0.25) is 0 Å². The van der Waals surface area contributed by atoms with Crippen molar-refractivity contribution in [3.8, 4) is 0 Å². The molecule has 0 amide bonds. The summed E-state index contributed by atoms with van der Waals surface area (Å²) in [7, 11) is 0. The third kappa shape index (κ3) is 3.75. The molecule has 0 bridgehead atoms. The standard InChI is InChI=1S/C18H30N2S/c1-6-14(4)15-12-20(17(11-19-15)13(2)3)16-9-7-8-10-18(16)21-5/h7-10,13-15,17,19H,6,11-12H2,1-5H3. The van der Waals surface area contributed by atoms with Crippen molar-refractivity contribution in [1.82, 2.24) is 5.32 Å². The highest BCUT2D eigenvalue weighted by molar-refractivity contribution is 7.98. The maximum atomic E-state index is 3.79. The molecule has 1 heterocycles. The Morgan fingerprint density at radius 3 is 2.62 bits per heavy atom. The second kappa shape index (κ2) is 7.55. The quantitative estimate of drug-likeness (QED) is 0.818. The van der Waals surface area contributed by atoms with Crippen LogP contribution in [0.3, 0.4) is 0 Å². The molecule has 118 valence electrons. The summed E-state index contributed by atoms with van der Waals surface area (Å²) in [5.41, 5.74) is 1.42.